The van der Waals surface area contributed by atoms with Gasteiger partial charge in [-0.25, -0.2) is 9.48 Å². The van der Waals surface area contributed by atoms with Gasteiger partial charge in [-0.2, -0.15) is 11.8 Å². The van der Waals surface area contributed by atoms with Gasteiger partial charge in [0.1, 0.15) is 18.9 Å². The summed E-state index contributed by atoms with van der Waals surface area (Å²) in [7, 11) is 0. The monoisotopic (exact) mass is 647 g/mol. The molecule has 0 aromatic carbocycles. The number of nitrogens with two attached hydrogens (primary N) is 2. The highest BCUT2D eigenvalue weighted by Gasteiger charge is 2.65. The first-order valence-electron chi connectivity index (χ1n) is 15.3. The lowest BCUT2D eigenvalue weighted by Gasteiger charge is -2.48. The van der Waals surface area contributed by atoms with Gasteiger partial charge >= 0.3 is 5.97 Å². The van der Waals surface area contributed by atoms with Crippen LogP contribution in [0, 0.1) is 23.2 Å². The Morgan fingerprint density at radius 2 is 2.09 bits per heavy atom. The number of carbonyl (C=O) groups is 4. The zero-order chi connectivity index (χ0) is 32.2. The van der Waals surface area contributed by atoms with Gasteiger partial charge in [-0.1, -0.05) is 6.92 Å². The standard InChI is InChI=1S/C27H41N11O6S/c1-12-20-19(13(2)32-18(40)8-37-11-31-34-35-37)24(42)38(20)21(25(43)44)22(12)45-16-4-17(30-6-16)23(41)36-7-14-3-15(33-26(28)29)5-27(14,9-36)10-39/h11-17,19-22,30,39H,3-10H2,1-2H3,(H,32,40)(H,43,44)(H4,28,29,33)/t12-,13?,14?,15?,16?,17?,19-,20-,21?,22?,27-/m1/s1. The average Bonchev–Trinajstić information content (AvgIpc) is 3.78. The van der Waals surface area contributed by atoms with E-state index < -0.39 is 35.4 Å². The Morgan fingerprint density at radius 3 is 2.73 bits per heavy atom. The van der Waals surface area contributed by atoms with Gasteiger partial charge in [-0.3, -0.25) is 19.4 Å². The molecule has 11 atom stereocenters. The van der Waals surface area contributed by atoms with Crippen LogP contribution in [0.3, 0.4) is 0 Å². The molecule has 1 aromatic heterocycles. The van der Waals surface area contributed by atoms with Crippen LogP contribution < -0.4 is 22.1 Å². The lowest BCUT2D eigenvalue weighted by Crippen LogP contribution is -2.68. The summed E-state index contributed by atoms with van der Waals surface area (Å²) in [6, 6.07) is -2.28. The number of aromatic nitrogens is 4. The molecule has 246 valence electrons. The van der Waals surface area contributed by atoms with Gasteiger partial charge in [-0.15, -0.1) is 5.10 Å². The number of aliphatic hydroxyl groups is 1. The highest BCUT2D eigenvalue weighted by Crippen LogP contribution is 2.51. The number of tetrazole rings is 1. The van der Waals surface area contributed by atoms with E-state index >= 15 is 0 Å². The molecular formula is C27H41N11O6S. The maximum Gasteiger partial charge on any atom is 0.327 e. The number of hydrogen-bond acceptors (Lipinski definition) is 11. The van der Waals surface area contributed by atoms with Crippen molar-refractivity contribution in [2.24, 2.45) is 39.6 Å². The zero-order valence-corrected chi connectivity index (χ0v) is 26.0. The Hall–Kier alpha value is -3.51. The Labute approximate surface area is 263 Å². The number of guanidine groups is 1. The van der Waals surface area contributed by atoms with Crippen molar-refractivity contribution in [3.8, 4) is 0 Å². The Balaban J connectivity index is 1.06. The van der Waals surface area contributed by atoms with Crippen molar-refractivity contribution in [2.45, 2.75) is 80.4 Å². The summed E-state index contributed by atoms with van der Waals surface area (Å²) in [6.45, 7) is 5.12. The molecule has 4 aliphatic heterocycles. The van der Waals surface area contributed by atoms with Crippen LogP contribution >= 0.6 is 11.8 Å². The van der Waals surface area contributed by atoms with Crippen molar-refractivity contribution in [1.82, 2.24) is 40.6 Å². The first-order valence-corrected chi connectivity index (χ1v) is 16.3. The van der Waals surface area contributed by atoms with Crippen molar-refractivity contribution >= 4 is 41.4 Å². The molecule has 17 nitrogen and oxygen atoms in total. The summed E-state index contributed by atoms with van der Waals surface area (Å²) >= 11 is 1.53. The molecule has 6 rings (SSSR count). The van der Waals surface area contributed by atoms with E-state index in [1.807, 2.05) is 11.8 Å². The predicted molar refractivity (Wildman–Crippen MR) is 160 cm³/mol. The van der Waals surface area contributed by atoms with Crippen molar-refractivity contribution < 1.29 is 29.4 Å². The van der Waals surface area contributed by atoms with E-state index in [1.54, 1.807) is 6.92 Å². The minimum atomic E-state index is -1.06. The van der Waals surface area contributed by atoms with Crippen molar-refractivity contribution in [1.29, 1.82) is 0 Å². The maximum atomic E-state index is 13.6. The van der Waals surface area contributed by atoms with E-state index in [4.69, 9.17) is 11.5 Å². The molecule has 18 heteroatoms. The third-order valence-corrected chi connectivity index (χ3v) is 12.2. The number of aliphatic carboxylic acids is 1. The molecule has 5 heterocycles. The van der Waals surface area contributed by atoms with E-state index in [9.17, 15) is 29.4 Å². The summed E-state index contributed by atoms with van der Waals surface area (Å²) in [4.78, 5) is 59.5. The molecule has 0 spiro atoms. The third-order valence-electron chi connectivity index (χ3n) is 10.5. The molecule has 1 aromatic rings. The van der Waals surface area contributed by atoms with E-state index in [0.717, 1.165) is 0 Å². The summed E-state index contributed by atoms with van der Waals surface area (Å²) in [5, 5.41) is 37.0. The Morgan fingerprint density at radius 1 is 1.31 bits per heavy atom. The molecule has 4 saturated heterocycles. The number of rotatable bonds is 10. The number of carboxylic acid groups (broad SMARTS) is 1. The van der Waals surface area contributed by atoms with Crippen LogP contribution in [0.15, 0.2) is 11.3 Å². The number of nitrogens with zero attached hydrogens (tertiary/aromatic N) is 7. The Kier molecular flexibility index (Phi) is 8.40. The number of β-lactam (4-membered cyclic amide) rings is 1. The van der Waals surface area contributed by atoms with E-state index in [0.29, 0.717) is 38.9 Å². The lowest BCUT2D eigenvalue weighted by molar-refractivity contribution is -0.166. The fraction of sp³-hybridized carbons (Fsp3) is 0.778. The number of carbonyl (C=O) groups excluding carboxylic acids is 3. The number of fused-ring (bicyclic) bond motifs is 2. The molecule has 1 aliphatic carbocycles. The van der Waals surface area contributed by atoms with Crippen LogP contribution in [0.4, 0.5) is 0 Å². The number of likely N-dealkylation sites (tertiary alicyclic amines) is 1. The predicted octanol–water partition coefficient (Wildman–Crippen LogP) is -3.19. The highest BCUT2D eigenvalue weighted by molar-refractivity contribution is 8.00. The van der Waals surface area contributed by atoms with Gasteiger partial charge < -0.3 is 42.1 Å². The van der Waals surface area contributed by atoms with Crippen molar-refractivity contribution in [3.63, 3.8) is 0 Å². The van der Waals surface area contributed by atoms with Gasteiger partial charge in [-0.05, 0) is 48.4 Å². The SMILES string of the molecule is CC(NC(=O)Cn1cnnn1)[C@H]1C(=O)N2C(C(=O)O)C(SC3CNC(C(=O)N4CC5CC(N=C(N)N)C[C@]5(CO)C4)C3)[C@H](C)[C@H]12. The summed E-state index contributed by atoms with van der Waals surface area (Å²) in [5.41, 5.74) is 10.7. The molecule has 3 amide bonds. The summed E-state index contributed by atoms with van der Waals surface area (Å²) in [6.07, 6.45) is 3.20. The molecular weight excluding hydrogens is 606 g/mol. The van der Waals surface area contributed by atoms with Crippen LogP contribution in [0.1, 0.15) is 33.1 Å². The van der Waals surface area contributed by atoms with Crippen LogP contribution in [-0.4, -0.2) is 137 Å². The summed E-state index contributed by atoms with van der Waals surface area (Å²) < 4.78 is 1.28. The largest absolute Gasteiger partial charge is 0.480 e. The van der Waals surface area contributed by atoms with Crippen LogP contribution in [-0.2, 0) is 25.7 Å². The fourth-order valence-corrected chi connectivity index (χ4v) is 10.2. The normalized spacial score (nSPS) is 37.6. The second kappa shape index (κ2) is 12.0. The lowest BCUT2D eigenvalue weighted by atomic mass is 9.78. The topological polar surface area (TPSA) is 247 Å². The molecule has 45 heavy (non-hydrogen) atoms. The first-order chi connectivity index (χ1) is 21.4. The minimum absolute atomic E-state index is 0.0155. The first kappa shape index (κ1) is 31.5. The number of hydrogen-bond donors (Lipinski definition) is 6. The van der Waals surface area contributed by atoms with Gasteiger partial charge in [0.15, 0.2) is 5.96 Å². The van der Waals surface area contributed by atoms with Crippen molar-refractivity contribution in [2.75, 3.05) is 26.2 Å². The van der Waals surface area contributed by atoms with Crippen LogP contribution in [0.25, 0.3) is 0 Å². The number of thioether (sulfide) groups is 1. The van der Waals surface area contributed by atoms with E-state index in [-0.39, 0.29) is 71.3 Å². The maximum absolute atomic E-state index is 13.6. The minimum Gasteiger partial charge on any atom is -0.480 e. The molecule has 0 bridgehead atoms. The molecule has 5 fully saturated rings. The smallest absolute Gasteiger partial charge is 0.327 e. The highest BCUT2D eigenvalue weighted by atomic mass is 32.2. The van der Waals surface area contributed by atoms with E-state index in [1.165, 1.54) is 27.7 Å². The molecule has 8 N–H and O–H groups in total. The fourth-order valence-electron chi connectivity index (χ4n) is 8.48. The van der Waals surface area contributed by atoms with Crippen LogP contribution in [0.5, 0.6) is 0 Å². The second-order valence-electron chi connectivity index (χ2n) is 13.3. The van der Waals surface area contributed by atoms with Gasteiger partial charge in [0, 0.05) is 47.6 Å². The molecule has 1 saturated carbocycles. The molecule has 7 unspecified atom stereocenters. The zero-order valence-electron chi connectivity index (χ0n) is 25.2. The van der Waals surface area contributed by atoms with Gasteiger partial charge in [0.25, 0.3) is 0 Å². The average molecular weight is 648 g/mol. The number of carboxylic acids is 1. The second-order valence-corrected chi connectivity index (χ2v) is 14.8. The third kappa shape index (κ3) is 5.60. The van der Waals surface area contributed by atoms with Gasteiger partial charge in [0.05, 0.1) is 24.6 Å². The van der Waals surface area contributed by atoms with Gasteiger partial charge in [0.2, 0.25) is 17.7 Å². The number of nitrogens with one attached hydrogen (secondary N) is 2. The van der Waals surface area contributed by atoms with Crippen LogP contribution in [0.2, 0.25) is 0 Å². The van der Waals surface area contributed by atoms with Crippen molar-refractivity contribution in [3.05, 3.63) is 6.33 Å². The quantitative estimate of drug-likeness (QED) is 0.0834. The van der Waals surface area contributed by atoms with E-state index in [2.05, 4.69) is 31.2 Å². The number of amides is 3. The molecule has 5 aliphatic rings. The Bertz CT molecular complexity index is 1360. The number of aliphatic imine (C=N–C) groups is 1. The summed E-state index contributed by atoms with van der Waals surface area (Å²) in [5.74, 6) is -2.24. The number of aliphatic hydroxyl groups excluding tert-OH is 1. The molecule has 0 radical (unpaired) electrons.